The zero-order valence-corrected chi connectivity index (χ0v) is 11.9. The van der Waals surface area contributed by atoms with Crippen LogP contribution in [-0.2, 0) is 0 Å². The monoisotopic (exact) mass is 258 g/mol. The average molecular weight is 258 g/mol. The summed E-state index contributed by atoms with van der Waals surface area (Å²) < 4.78 is 5.41. The van der Waals surface area contributed by atoms with Crippen LogP contribution in [0.4, 0.5) is 5.82 Å². The van der Waals surface area contributed by atoms with Crippen molar-refractivity contribution in [1.29, 1.82) is 0 Å². The van der Waals surface area contributed by atoms with E-state index in [9.17, 15) is 0 Å². The molecule has 2 aromatic rings. The molecule has 0 saturated heterocycles. The summed E-state index contributed by atoms with van der Waals surface area (Å²) in [6, 6.07) is 8.56. The molecule has 1 atom stereocenters. The molecule has 19 heavy (non-hydrogen) atoms. The van der Waals surface area contributed by atoms with E-state index in [-0.39, 0.29) is 0 Å². The second-order valence-corrected chi connectivity index (χ2v) is 4.75. The number of anilines is 1. The SMILES string of the molecule is CCCC(CC)Nc1nccc2c(OC)cccc12. The van der Waals surface area contributed by atoms with Crippen LogP contribution < -0.4 is 10.1 Å². The Labute approximate surface area is 115 Å². The highest BCUT2D eigenvalue weighted by Crippen LogP contribution is 2.29. The van der Waals surface area contributed by atoms with E-state index in [4.69, 9.17) is 4.74 Å². The maximum atomic E-state index is 5.41. The molecule has 0 saturated carbocycles. The first-order valence-corrected chi connectivity index (χ1v) is 6.98. The molecule has 3 nitrogen and oxygen atoms in total. The van der Waals surface area contributed by atoms with E-state index in [2.05, 4.69) is 30.2 Å². The van der Waals surface area contributed by atoms with Gasteiger partial charge in [0.1, 0.15) is 11.6 Å². The first-order chi connectivity index (χ1) is 9.30. The van der Waals surface area contributed by atoms with Crippen LogP contribution in [-0.4, -0.2) is 18.1 Å². The van der Waals surface area contributed by atoms with Gasteiger partial charge in [-0.15, -0.1) is 0 Å². The fourth-order valence-corrected chi connectivity index (χ4v) is 2.39. The van der Waals surface area contributed by atoms with E-state index in [0.29, 0.717) is 6.04 Å². The first-order valence-electron chi connectivity index (χ1n) is 6.98. The molecular formula is C16H22N2O. The Kier molecular flexibility index (Phi) is 4.61. The van der Waals surface area contributed by atoms with Gasteiger partial charge in [-0.3, -0.25) is 0 Å². The van der Waals surface area contributed by atoms with Gasteiger partial charge in [0.2, 0.25) is 0 Å². The Bertz CT molecular complexity index is 539. The highest BCUT2D eigenvalue weighted by atomic mass is 16.5. The van der Waals surface area contributed by atoms with Crippen molar-refractivity contribution < 1.29 is 4.74 Å². The molecule has 1 N–H and O–H groups in total. The van der Waals surface area contributed by atoms with Gasteiger partial charge in [0.15, 0.2) is 0 Å². The fourth-order valence-electron chi connectivity index (χ4n) is 2.39. The number of nitrogens with one attached hydrogen (secondary N) is 1. The topological polar surface area (TPSA) is 34.2 Å². The van der Waals surface area contributed by atoms with Crippen molar-refractivity contribution >= 4 is 16.6 Å². The Morgan fingerprint density at radius 1 is 1.21 bits per heavy atom. The van der Waals surface area contributed by atoms with Crippen LogP contribution >= 0.6 is 0 Å². The Morgan fingerprint density at radius 3 is 2.74 bits per heavy atom. The summed E-state index contributed by atoms with van der Waals surface area (Å²) in [7, 11) is 1.70. The largest absolute Gasteiger partial charge is 0.496 e. The molecule has 3 heteroatoms. The van der Waals surface area contributed by atoms with Gasteiger partial charge in [0, 0.05) is 23.0 Å². The third-order valence-electron chi connectivity index (χ3n) is 3.46. The van der Waals surface area contributed by atoms with Crippen LogP contribution in [0.2, 0.25) is 0 Å². The van der Waals surface area contributed by atoms with Crippen LogP contribution in [0.5, 0.6) is 5.75 Å². The number of benzene rings is 1. The van der Waals surface area contributed by atoms with Crippen molar-refractivity contribution in [3.05, 3.63) is 30.5 Å². The summed E-state index contributed by atoms with van der Waals surface area (Å²) in [6.07, 6.45) is 5.29. The standard InChI is InChI=1S/C16H22N2O/c1-4-7-12(5-2)18-16-14-8-6-9-15(19-3)13(14)10-11-17-16/h6,8-12H,4-5,7H2,1-3H3,(H,17,18). The molecule has 0 aliphatic carbocycles. The molecule has 0 amide bonds. The minimum atomic E-state index is 0.481. The van der Waals surface area contributed by atoms with Gasteiger partial charge in [-0.1, -0.05) is 32.4 Å². The molecule has 2 rings (SSSR count). The van der Waals surface area contributed by atoms with E-state index >= 15 is 0 Å². The molecule has 1 unspecified atom stereocenters. The minimum absolute atomic E-state index is 0.481. The van der Waals surface area contributed by atoms with E-state index in [1.807, 2.05) is 24.4 Å². The molecule has 0 aliphatic heterocycles. The third kappa shape index (κ3) is 2.98. The number of methoxy groups -OCH3 is 1. The molecule has 1 aromatic heterocycles. The summed E-state index contributed by atoms with van der Waals surface area (Å²) in [4.78, 5) is 4.49. The van der Waals surface area contributed by atoms with Gasteiger partial charge < -0.3 is 10.1 Å². The molecule has 0 fully saturated rings. The maximum absolute atomic E-state index is 5.41. The second kappa shape index (κ2) is 6.41. The highest BCUT2D eigenvalue weighted by molar-refractivity contribution is 5.95. The Hall–Kier alpha value is -1.77. The van der Waals surface area contributed by atoms with E-state index in [1.54, 1.807) is 7.11 Å². The number of ether oxygens (including phenoxy) is 1. The Balaban J connectivity index is 2.38. The normalized spacial score (nSPS) is 12.4. The second-order valence-electron chi connectivity index (χ2n) is 4.75. The van der Waals surface area contributed by atoms with Crippen molar-refractivity contribution in [1.82, 2.24) is 4.98 Å². The van der Waals surface area contributed by atoms with Crippen molar-refractivity contribution in [2.24, 2.45) is 0 Å². The van der Waals surface area contributed by atoms with Gasteiger partial charge >= 0.3 is 0 Å². The zero-order chi connectivity index (χ0) is 13.7. The van der Waals surface area contributed by atoms with Crippen molar-refractivity contribution in [3.63, 3.8) is 0 Å². The lowest BCUT2D eigenvalue weighted by Crippen LogP contribution is -2.18. The smallest absolute Gasteiger partial charge is 0.134 e. The van der Waals surface area contributed by atoms with Gasteiger partial charge in [0.05, 0.1) is 7.11 Å². The molecule has 0 aliphatic rings. The zero-order valence-electron chi connectivity index (χ0n) is 11.9. The van der Waals surface area contributed by atoms with E-state index < -0.39 is 0 Å². The van der Waals surface area contributed by atoms with Crippen LogP contribution in [0, 0.1) is 0 Å². The number of hydrogen-bond acceptors (Lipinski definition) is 3. The summed E-state index contributed by atoms with van der Waals surface area (Å²) in [5.41, 5.74) is 0. The van der Waals surface area contributed by atoms with E-state index in [1.165, 1.54) is 12.8 Å². The molecular weight excluding hydrogens is 236 g/mol. The lowest BCUT2D eigenvalue weighted by Gasteiger charge is -2.18. The van der Waals surface area contributed by atoms with Crippen LogP contribution in [0.1, 0.15) is 33.1 Å². The third-order valence-corrected chi connectivity index (χ3v) is 3.46. The molecule has 1 aromatic carbocycles. The fraction of sp³-hybridized carbons (Fsp3) is 0.438. The molecule has 102 valence electrons. The van der Waals surface area contributed by atoms with Crippen LogP contribution in [0.25, 0.3) is 10.8 Å². The number of aromatic nitrogens is 1. The number of pyridine rings is 1. The van der Waals surface area contributed by atoms with Crippen molar-refractivity contribution in [2.45, 2.75) is 39.2 Å². The predicted molar refractivity (Wildman–Crippen MR) is 80.9 cm³/mol. The molecule has 0 bridgehead atoms. The van der Waals surface area contributed by atoms with Crippen LogP contribution in [0.15, 0.2) is 30.5 Å². The lowest BCUT2D eigenvalue weighted by atomic mass is 10.1. The van der Waals surface area contributed by atoms with Crippen molar-refractivity contribution in [3.8, 4) is 5.75 Å². The van der Waals surface area contributed by atoms with E-state index in [0.717, 1.165) is 28.8 Å². The summed E-state index contributed by atoms with van der Waals surface area (Å²) >= 11 is 0. The van der Waals surface area contributed by atoms with Gasteiger partial charge in [-0.05, 0) is 25.0 Å². The summed E-state index contributed by atoms with van der Waals surface area (Å²) in [5.74, 6) is 1.85. The van der Waals surface area contributed by atoms with Gasteiger partial charge in [-0.2, -0.15) is 0 Å². The number of hydrogen-bond donors (Lipinski definition) is 1. The number of rotatable bonds is 6. The molecule has 0 spiro atoms. The number of nitrogens with zero attached hydrogens (tertiary/aromatic N) is 1. The summed E-state index contributed by atoms with van der Waals surface area (Å²) in [5, 5.41) is 5.78. The van der Waals surface area contributed by atoms with Crippen molar-refractivity contribution in [2.75, 3.05) is 12.4 Å². The highest BCUT2D eigenvalue weighted by Gasteiger charge is 2.10. The van der Waals surface area contributed by atoms with Crippen LogP contribution in [0.3, 0.4) is 0 Å². The first kappa shape index (κ1) is 13.7. The minimum Gasteiger partial charge on any atom is -0.496 e. The van der Waals surface area contributed by atoms with Gasteiger partial charge in [-0.25, -0.2) is 4.98 Å². The Morgan fingerprint density at radius 2 is 2.05 bits per heavy atom. The average Bonchev–Trinajstić information content (AvgIpc) is 2.46. The molecule has 1 heterocycles. The van der Waals surface area contributed by atoms with Gasteiger partial charge in [0.25, 0.3) is 0 Å². The maximum Gasteiger partial charge on any atom is 0.134 e. The molecule has 0 radical (unpaired) electrons. The predicted octanol–water partition coefficient (Wildman–Crippen LogP) is 4.23. The lowest BCUT2D eigenvalue weighted by molar-refractivity contribution is 0.420. The quantitative estimate of drug-likeness (QED) is 0.841. The summed E-state index contributed by atoms with van der Waals surface area (Å²) in [6.45, 7) is 4.42. The number of fused-ring (bicyclic) bond motifs is 1.